The van der Waals surface area contributed by atoms with E-state index < -0.39 is 17.8 Å². The number of aromatic nitrogens is 1. The van der Waals surface area contributed by atoms with Gasteiger partial charge in [-0.2, -0.15) is 0 Å². The molecule has 4 rings (SSSR count). The van der Waals surface area contributed by atoms with Gasteiger partial charge in [-0.25, -0.2) is 9.69 Å². The van der Waals surface area contributed by atoms with Crippen LogP contribution in [0.1, 0.15) is 30.5 Å². The third-order valence-corrected chi connectivity index (χ3v) is 6.46. The number of carbonyl (C=O) groups excluding carboxylic acids is 4. The van der Waals surface area contributed by atoms with Gasteiger partial charge in [-0.1, -0.05) is 30.3 Å². The van der Waals surface area contributed by atoms with Crippen LogP contribution in [-0.2, 0) is 20.9 Å². The summed E-state index contributed by atoms with van der Waals surface area (Å²) in [5.41, 5.74) is 3.40. The van der Waals surface area contributed by atoms with Gasteiger partial charge in [0, 0.05) is 35.8 Å². The van der Waals surface area contributed by atoms with Gasteiger partial charge in [0.1, 0.15) is 12.1 Å². The SMILES string of the molecule is CCN(CC)C(=O)Cn1cc(C=C2C(=O)NC(=O)N(c3cccc(C)c3C)C2=O)c2ccccc21. The van der Waals surface area contributed by atoms with E-state index in [0.29, 0.717) is 24.3 Å². The van der Waals surface area contributed by atoms with Crippen molar-refractivity contribution in [2.45, 2.75) is 34.2 Å². The van der Waals surface area contributed by atoms with Crippen molar-refractivity contribution in [2.24, 2.45) is 0 Å². The van der Waals surface area contributed by atoms with Crippen LogP contribution in [-0.4, -0.2) is 46.3 Å². The number of benzene rings is 2. The first-order valence-electron chi connectivity index (χ1n) is 11.6. The number of aryl methyl sites for hydroxylation is 1. The second kappa shape index (κ2) is 9.58. The van der Waals surface area contributed by atoms with Gasteiger partial charge in [0.2, 0.25) is 5.91 Å². The van der Waals surface area contributed by atoms with E-state index in [-0.39, 0.29) is 18.0 Å². The lowest BCUT2D eigenvalue weighted by molar-refractivity contribution is -0.131. The van der Waals surface area contributed by atoms with Crippen LogP contribution < -0.4 is 10.2 Å². The summed E-state index contributed by atoms with van der Waals surface area (Å²) in [4.78, 5) is 54.3. The average Bonchev–Trinajstić information content (AvgIpc) is 3.17. The standard InChI is InChI=1S/C27H28N4O4/c1-5-29(6-2)24(32)16-30-15-19(20-11-7-8-12-23(20)30)14-21-25(33)28-27(35)31(26(21)34)22-13-9-10-17(3)18(22)4/h7-15H,5-6,16H2,1-4H3,(H,28,33,35). The van der Waals surface area contributed by atoms with Crippen molar-refractivity contribution in [3.05, 3.63) is 70.9 Å². The average molecular weight is 473 g/mol. The Bertz CT molecular complexity index is 1380. The number of urea groups is 1. The maximum atomic E-state index is 13.4. The van der Waals surface area contributed by atoms with Crippen molar-refractivity contribution in [1.29, 1.82) is 0 Å². The molecular weight excluding hydrogens is 444 g/mol. The van der Waals surface area contributed by atoms with E-state index in [2.05, 4.69) is 5.32 Å². The zero-order valence-corrected chi connectivity index (χ0v) is 20.3. The third kappa shape index (κ3) is 4.35. The molecule has 0 saturated carbocycles. The predicted molar refractivity (Wildman–Crippen MR) is 135 cm³/mol. The van der Waals surface area contributed by atoms with Crippen molar-refractivity contribution in [3.8, 4) is 0 Å². The topological polar surface area (TPSA) is 91.7 Å². The quantitative estimate of drug-likeness (QED) is 0.436. The van der Waals surface area contributed by atoms with E-state index in [1.54, 1.807) is 23.2 Å². The van der Waals surface area contributed by atoms with Gasteiger partial charge >= 0.3 is 6.03 Å². The van der Waals surface area contributed by atoms with Crippen LogP contribution in [0.15, 0.2) is 54.2 Å². The molecule has 2 heterocycles. The Morgan fingerprint density at radius 3 is 2.43 bits per heavy atom. The van der Waals surface area contributed by atoms with Crippen LogP contribution in [0.5, 0.6) is 0 Å². The Morgan fingerprint density at radius 1 is 1.00 bits per heavy atom. The molecule has 8 heteroatoms. The number of barbiturate groups is 1. The molecule has 2 aromatic carbocycles. The largest absolute Gasteiger partial charge is 0.342 e. The number of imide groups is 2. The highest BCUT2D eigenvalue weighted by Gasteiger charge is 2.37. The number of hydrogen-bond donors (Lipinski definition) is 1. The number of para-hydroxylation sites is 1. The van der Waals surface area contributed by atoms with E-state index in [4.69, 9.17) is 0 Å². The summed E-state index contributed by atoms with van der Waals surface area (Å²) in [5, 5.41) is 3.08. The minimum atomic E-state index is -0.780. The lowest BCUT2D eigenvalue weighted by atomic mass is 10.0. The second-order valence-corrected chi connectivity index (χ2v) is 8.47. The monoisotopic (exact) mass is 472 g/mol. The number of nitrogens with zero attached hydrogens (tertiary/aromatic N) is 3. The molecule has 0 bridgehead atoms. The highest BCUT2D eigenvalue weighted by atomic mass is 16.2. The predicted octanol–water partition coefficient (Wildman–Crippen LogP) is 3.79. The van der Waals surface area contributed by atoms with E-state index in [1.807, 2.05) is 62.6 Å². The fraction of sp³-hybridized carbons (Fsp3) is 0.259. The molecule has 1 saturated heterocycles. The van der Waals surface area contributed by atoms with Gasteiger partial charge in [-0.15, -0.1) is 0 Å². The molecule has 1 aliphatic heterocycles. The van der Waals surface area contributed by atoms with Crippen LogP contribution >= 0.6 is 0 Å². The molecule has 1 N–H and O–H groups in total. The molecule has 0 spiro atoms. The summed E-state index contributed by atoms with van der Waals surface area (Å²) in [6, 6.07) is 12.0. The van der Waals surface area contributed by atoms with Crippen molar-refractivity contribution >= 4 is 46.4 Å². The second-order valence-electron chi connectivity index (χ2n) is 8.47. The first-order valence-corrected chi connectivity index (χ1v) is 11.6. The zero-order chi connectivity index (χ0) is 25.3. The summed E-state index contributed by atoms with van der Waals surface area (Å²) in [7, 11) is 0. The van der Waals surface area contributed by atoms with Crippen molar-refractivity contribution in [3.63, 3.8) is 0 Å². The third-order valence-electron chi connectivity index (χ3n) is 6.46. The molecule has 1 aliphatic rings. The molecular formula is C27H28N4O4. The molecule has 3 aromatic rings. The summed E-state index contributed by atoms with van der Waals surface area (Å²) >= 11 is 0. The smallest absolute Gasteiger partial charge is 0.335 e. The Labute approximate surface area is 203 Å². The normalized spacial score (nSPS) is 15.1. The van der Waals surface area contributed by atoms with Crippen LogP contribution in [0, 0.1) is 13.8 Å². The number of carbonyl (C=O) groups is 4. The molecule has 0 unspecified atom stereocenters. The first-order chi connectivity index (χ1) is 16.8. The first kappa shape index (κ1) is 23.9. The van der Waals surface area contributed by atoms with Gasteiger partial charge in [0.25, 0.3) is 11.8 Å². The minimum Gasteiger partial charge on any atom is -0.342 e. The van der Waals surface area contributed by atoms with Crippen molar-refractivity contribution < 1.29 is 19.2 Å². The zero-order valence-electron chi connectivity index (χ0n) is 20.3. The van der Waals surface area contributed by atoms with Crippen molar-refractivity contribution in [1.82, 2.24) is 14.8 Å². The van der Waals surface area contributed by atoms with Crippen LogP contribution in [0.25, 0.3) is 17.0 Å². The van der Waals surface area contributed by atoms with Crippen LogP contribution in [0.2, 0.25) is 0 Å². The number of fused-ring (bicyclic) bond motifs is 1. The van der Waals surface area contributed by atoms with Crippen molar-refractivity contribution in [2.75, 3.05) is 18.0 Å². The molecule has 8 nitrogen and oxygen atoms in total. The molecule has 180 valence electrons. The van der Waals surface area contributed by atoms with Crippen LogP contribution in [0.4, 0.5) is 10.5 Å². The van der Waals surface area contributed by atoms with E-state index >= 15 is 0 Å². The molecule has 0 atom stereocenters. The maximum absolute atomic E-state index is 13.4. The Balaban J connectivity index is 1.77. The van der Waals surface area contributed by atoms with Gasteiger partial charge in [0.15, 0.2) is 0 Å². The molecule has 0 radical (unpaired) electrons. The molecule has 1 fully saturated rings. The minimum absolute atomic E-state index is 0.0202. The molecule has 35 heavy (non-hydrogen) atoms. The number of rotatable bonds is 6. The molecule has 0 aliphatic carbocycles. The Hall–Kier alpha value is -4.20. The van der Waals surface area contributed by atoms with Gasteiger partial charge < -0.3 is 9.47 Å². The van der Waals surface area contributed by atoms with Crippen LogP contribution in [0.3, 0.4) is 0 Å². The fourth-order valence-corrected chi connectivity index (χ4v) is 4.35. The molecule has 1 aromatic heterocycles. The number of amides is 5. The lowest BCUT2D eigenvalue weighted by Gasteiger charge is -2.28. The number of anilines is 1. The maximum Gasteiger partial charge on any atom is 0.335 e. The van der Waals surface area contributed by atoms with Gasteiger partial charge in [0.05, 0.1) is 5.69 Å². The summed E-state index contributed by atoms with van der Waals surface area (Å²) < 4.78 is 1.82. The van der Waals surface area contributed by atoms with E-state index in [0.717, 1.165) is 26.9 Å². The van der Waals surface area contributed by atoms with Gasteiger partial charge in [-0.05, 0) is 57.0 Å². The molecule has 5 amide bonds. The highest BCUT2D eigenvalue weighted by Crippen LogP contribution is 2.29. The number of hydrogen-bond acceptors (Lipinski definition) is 4. The Morgan fingerprint density at radius 2 is 1.71 bits per heavy atom. The number of likely N-dealkylation sites (N-methyl/N-ethyl adjacent to an activating group) is 1. The lowest BCUT2D eigenvalue weighted by Crippen LogP contribution is -2.54. The van der Waals surface area contributed by atoms with E-state index in [9.17, 15) is 19.2 Å². The fourth-order valence-electron chi connectivity index (χ4n) is 4.35. The summed E-state index contributed by atoms with van der Waals surface area (Å²) in [6.45, 7) is 8.94. The highest BCUT2D eigenvalue weighted by molar-refractivity contribution is 6.39. The summed E-state index contributed by atoms with van der Waals surface area (Å²) in [6.07, 6.45) is 3.25. The summed E-state index contributed by atoms with van der Waals surface area (Å²) in [5.74, 6) is -1.46. The number of nitrogens with one attached hydrogen (secondary N) is 1. The van der Waals surface area contributed by atoms with Gasteiger partial charge in [-0.3, -0.25) is 19.7 Å². The van der Waals surface area contributed by atoms with E-state index in [1.165, 1.54) is 6.08 Å². The Kier molecular flexibility index (Phi) is 6.55.